The molecule has 0 aliphatic carbocycles. The monoisotopic (exact) mass is 306 g/mol. The second-order valence-electron chi connectivity index (χ2n) is 6.38. The molecule has 3 heterocycles. The summed E-state index contributed by atoms with van der Waals surface area (Å²) in [5.74, 6) is 1.66. The fraction of sp³-hybridized carbons (Fsp3) is 0.263. The van der Waals surface area contributed by atoms with Crippen molar-refractivity contribution in [1.29, 1.82) is 0 Å². The number of aromatic amines is 1. The number of aromatic nitrogens is 1. The predicted octanol–water partition coefficient (Wildman–Crippen LogP) is 3.52. The van der Waals surface area contributed by atoms with Gasteiger partial charge in [0, 0.05) is 22.6 Å². The van der Waals surface area contributed by atoms with Gasteiger partial charge in [-0.25, -0.2) is 0 Å². The van der Waals surface area contributed by atoms with E-state index in [1.54, 1.807) is 0 Å². The zero-order chi connectivity index (χ0) is 15.4. The highest BCUT2D eigenvalue weighted by atomic mass is 16.7. The lowest BCUT2D eigenvalue weighted by molar-refractivity contribution is 0.174. The first-order valence-corrected chi connectivity index (χ1v) is 8.04. The van der Waals surface area contributed by atoms with E-state index < -0.39 is 0 Å². The second kappa shape index (κ2) is 4.77. The number of rotatable bonds is 1. The largest absolute Gasteiger partial charge is 0.454 e. The Morgan fingerprint density at radius 1 is 1.04 bits per heavy atom. The van der Waals surface area contributed by atoms with E-state index in [0.717, 1.165) is 17.9 Å². The number of H-pyrrole nitrogens is 1. The molecule has 0 spiro atoms. The molecule has 1 aromatic heterocycles. The molecule has 0 amide bonds. The number of hydrogen-bond acceptors (Lipinski definition) is 3. The van der Waals surface area contributed by atoms with Crippen molar-refractivity contribution in [3.05, 3.63) is 59.3 Å². The molecule has 4 nitrogen and oxygen atoms in total. The van der Waals surface area contributed by atoms with Crippen molar-refractivity contribution in [3.8, 4) is 11.5 Å². The van der Waals surface area contributed by atoms with Crippen molar-refractivity contribution in [3.63, 3.8) is 0 Å². The molecule has 0 fully saturated rings. The lowest BCUT2D eigenvalue weighted by atomic mass is 9.91. The smallest absolute Gasteiger partial charge is 0.231 e. The average molecular weight is 306 g/mol. The Morgan fingerprint density at radius 3 is 2.87 bits per heavy atom. The number of hydrogen-bond donors (Lipinski definition) is 2. The Hall–Kier alpha value is -2.46. The molecule has 3 aromatic rings. The van der Waals surface area contributed by atoms with E-state index in [0.29, 0.717) is 12.8 Å². The highest BCUT2D eigenvalue weighted by Crippen LogP contribution is 2.39. The van der Waals surface area contributed by atoms with Gasteiger partial charge in [-0.1, -0.05) is 24.3 Å². The van der Waals surface area contributed by atoms with Crippen molar-refractivity contribution in [1.82, 2.24) is 10.3 Å². The van der Waals surface area contributed by atoms with Gasteiger partial charge in [0.05, 0.1) is 6.04 Å². The van der Waals surface area contributed by atoms with Gasteiger partial charge in [0.25, 0.3) is 0 Å². The Balaban J connectivity index is 1.67. The van der Waals surface area contributed by atoms with Crippen molar-refractivity contribution >= 4 is 10.9 Å². The van der Waals surface area contributed by atoms with Crippen LogP contribution in [-0.4, -0.2) is 17.8 Å². The van der Waals surface area contributed by atoms with Gasteiger partial charge >= 0.3 is 0 Å². The minimum Gasteiger partial charge on any atom is -0.454 e. The summed E-state index contributed by atoms with van der Waals surface area (Å²) in [4.78, 5) is 3.62. The third kappa shape index (κ3) is 1.95. The van der Waals surface area contributed by atoms with E-state index in [9.17, 15) is 0 Å². The predicted molar refractivity (Wildman–Crippen MR) is 89.0 cm³/mol. The SMILES string of the molecule is C[C@H]1Cc2c([nH]c3ccccc23)[C@@H](c2ccc3c(c2)OCO3)N1. The summed E-state index contributed by atoms with van der Waals surface area (Å²) in [6.07, 6.45) is 1.04. The van der Waals surface area contributed by atoms with Crippen molar-refractivity contribution in [2.45, 2.75) is 25.4 Å². The van der Waals surface area contributed by atoms with E-state index >= 15 is 0 Å². The summed E-state index contributed by atoms with van der Waals surface area (Å²) in [6.45, 7) is 2.55. The Labute approximate surface area is 134 Å². The maximum absolute atomic E-state index is 5.54. The quantitative estimate of drug-likeness (QED) is 0.723. The molecule has 2 atom stereocenters. The molecule has 0 saturated carbocycles. The van der Waals surface area contributed by atoms with Crippen LogP contribution in [-0.2, 0) is 6.42 Å². The van der Waals surface area contributed by atoms with Crippen LogP contribution in [0.5, 0.6) is 11.5 Å². The molecular formula is C19H18N2O2. The first kappa shape index (κ1) is 13.0. The van der Waals surface area contributed by atoms with Crippen molar-refractivity contribution in [2.75, 3.05) is 6.79 Å². The van der Waals surface area contributed by atoms with Crippen LogP contribution in [0.2, 0.25) is 0 Å². The van der Waals surface area contributed by atoms with Gasteiger partial charge in [0.15, 0.2) is 11.5 Å². The standard InChI is InChI=1S/C19H18N2O2/c1-11-8-14-13-4-2-3-5-15(13)21-19(14)18(20-11)12-6-7-16-17(9-12)23-10-22-16/h2-7,9,11,18,20-21H,8,10H2,1H3/t11-,18+/m0/s1. The molecule has 23 heavy (non-hydrogen) atoms. The maximum Gasteiger partial charge on any atom is 0.231 e. The van der Waals surface area contributed by atoms with Crippen LogP contribution in [0.15, 0.2) is 42.5 Å². The van der Waals surface area contributed by atoms with Gasteiger partial charge in [-0.2, -0.15) is 0 Å². The first-order valence-electron chi connectivity index (χ1n) is 8.04. The minimum absolute atomic E-state index is 0.149. The van der Waals surface area contributed by atoms with Crippen LogP contribution in [0, 0.1) is 0 Å². The Kier molecular flexibility index (Phi) is 2.70. The molecule has 2 aliphatic rings. The molecule has 0 unspecified atom stereocenters. The van der Waals surface area contributed by atoms with Crippen LogP contribution in [0.3, 0.4) is 0 Å². The normalized spacial score (nSPS) is 22.3. The van der Waals surface area contributed by atoms with Gasteiger partial charge in [-0.05, 0) is 42.7 Å². The summed E-state index contributed by atoms with van der Waals surface area (Å²) in [6, 6.07) is 15.3. The molecule has 2 aliphatic heterocycles. The van der Waals surface area contributed by atoms with Gasteiger partial charge < -0.3 is 19.8 Å². The Bertz CT molecular complexity index is 900. The first-order chi connectivity index (χ1) is 11.3. The summed E-state index contributed by atoms with van der Waals surface area (Å²) < 4.78 is 11.0. The van der Waals surface area contributed by atoms with E-state index in [2.05, 4.69) is 53.6 Å². The third-order valence-electron chi connectivity index (χ3n) is 4.83. The minimum atomic E-state index is 0.149. The van der Waals surface area contributed by atoms with Gasteiger partial charge in [0.1, 0.15) is 0 Å². The summed E-state index contributed by atoms with van der Waals surface area (Å²) in [5, 5.41) is 5.05. The van der Waals surface area contributed by atoms with Gasteiger partial charge in [-0.15, -0.1) is 0 Å². The zero-order valence-corrected chi connectivity index (χ0v) is 12.9. The molecule has 5 rings (SSSR count). The van der Waals surface area contributed by atoms with Gasteiger partial charge in [0.2, 0.25) is 6.79 Å². The lowest BCUT2D eigenvalue weighted by Crippen LogP contribution is -2.37. The van der Waals surface area contributed by atoms with Crippen LogP contribution >= 0.6 is 0 Å². The molecule has 2 N–H and O–H groups in total. The number of para-hydroxylation sites is 1. The van der Waals surface area contributed by atoms with Crippen LogP contribution in [0.1, 0.15) is 29.8 Å². The highest BCUT2D eigenvalue weighted by molar-refractivity contribution is 5.85. The number of benzene rings is 2. The second-order valence-corrected chi connectivity index (χ2v) is 6.38. The van der Waals surface area contributed by atoms with E-state index in [1.807, 2.05) is 6.07 Å². The molecule has 0 radical (unpaired) electrons. The van der Waals surface area contributed by atoms with E-state index in [-0.39, 0.29) is 6.04 Å². The third-order valence-corrected chi connectivity index (χ3v) is 4.83. The van der Waals surface area contributed by atoms with E-state index in [4.69, 9.17) is 9.47 Å². The fourth-order valence-corrected chi connectivity index (χ4v) is 3.78. The number of fused-ring (bicyclic) bond motifs is 4. The van der Waals surface area contributed by atoms with Gasteiger partial charge in [-0.3, -0.25) is 0 Å². The lowest BCUT2D eigenvalue weighted by Gasteiger charge is -2.29. The summed E-state index contributed by atoms with van der Waals surface area (Å²) in [7, 11) is 0. The molecule has 0 bridgehead atoms. The Morgan fingerprint density at radius 2 is 1.91 bits per heavy atom. The molecule has 2 aromatic carbocycles. The fourth-order valence-electron chi connectivity index (χ4n) is 3.78. The van der Waals surface area contributed by atoms with Crippen LogP contribution in [0.4, 0.5) is 0 Å². The summed E-state index contributed by atoms with van der Waals surface area (Å²) in [5.41, 5.74) is 5.10. The summed E-state index contributed by atoms with van der Waals surface area (Å²) >= 11 is 0. The number of nitrogens with one attached hydrogen (secondary N) is 2. The molecule has 4 heteroatoms. The van der Waals surface area contributed by atoms with Crippen molar-refractivity contribution in [2.24, 2.45) is 0 Å². The highest BCUT2D eigenvalue weighted by Gasteiger charge is 2.29. The zero-order valence-electron chi connectivity index (χ0n) is 12.9. The topological polar surface area (TPSA) is 46.3 Å². The average Bonchev–Trinajstić information content (AvgIpc) is 3.17. The molecular weight excluding hydrogens is 288 g/mol. The van der Waals surface area contributed by atoms with E-state index in [1.165, 1.54) is 27.7 Å². The van der Waals surface area contributed by atoms with Crippen LogP contribution in [0.25, 0.3) is 10.9 Å². The molecule has 0 saturated heterocycles. The number of ether oxygens (including phenoxy) is 2. The maximum atomic E-state index is 5.54. The molecule has 116 valence electrons. The van der Waals surface area contributed by atoms with Crippen LogP contribution < -0.4 is 14.8 Å². The van der Waals surface area contributed by atoms with Crippen molar-refractivity contribution < 1.29 is 9.47 Å².